The van der Waals surface area contributed by atoms with Crippen LogP contribution in [0, 0.1) is 0 Å². The number of benzene rings is 1. The average molecular weight is 249 g/mol. The van der Waals surface area contributed by atoms with Crippen molar-refractivity contribution in [3.63, 3.8) is 0 Å². The quantitative estimate of drug-likeness (QED) is 0.778. The standard InChI is InChI=1S/C15H23NS/c1-2-6-15(7-3-1)14-16-8-12-17(13-9-16)10-4-5-11-17/h1-3,6-7H,4-5,8-14H2. The lowest BCUT2D eigenvalue weighted by molar-refractivity contribution is 0.292. The summed E-state index contributed by atoms with van der Waals surface area (Å²) in [6.45, 7) is 3.87. The molecule has 0 atom stereocenters. The first kappa shape index (κ1) is 11.6. The van der Waals surface area contributed by atoms with Gasteiger partial charge in [-0.15, -0.1) is 0 Å². The minimum Gasteiger partial charge on any atom is -0.298 e. The Bertz CT molecular complexity index is 346. The van der Waals surface area contributed by atoms with Crippen molar-refractivity contribution in [3.05, 3.63) is 35.9 Å². The number of nitrogens with zero attached hydrogens (tertiary/aromatic N) is 1. The van der Waals surface area contributed by atoms with Crippen LogP contribution in [-0.4, -0.2) is 41.0 Å². The Hall–Kier alpha value is -0.470. The first-order chi connectivity index (χ1) is 8.36. The molecule has 3 rings (SSSR count). The van der Waals surface area contributed by atoms with Crippen LogP contribution in [-0.2, 0) is 6.54 Å². The van der Waals surface area contributed by atoms with E-state index in [1.54, 1.807) is 11.5 Å². The van der Waals surface area contributed by atoms with E-state index in [2.05, 4.69) is 35.2 Å². The molecule has 17 heavy (non-hydrogen) atoms. The zero-order chi connectivity index (χ0) is 11.6. The van der Waals surface area contributed by atoms with Crippen molar-refractivity contribution in [2.24, 2.45) is 0 Å². The predicted octanol–water partition coefficient (Wildman–Crippen LogP) is 3.10. The topological polar surface area (TPSA) is 3.24 Å². The summed E-state index contributed by atoms with van der Waals surface area (Å²) in [5.74, 6) is 6.23. The fraction of sp³-hybridized carbons (Fsp3) is 0.600. The SMILES string of the molecule is c1ccc(CN2CCS3(CCCC3)CC2)cc1. The maximum atomic E-state index is 2.66. The second-order valence-corrected chi connectivity index (χ2v) is 9.59. The van der Waals surface area contributed by atoms with Gasteiger partial charge in [0.1, 0.15) is 0 Å². The van der Waals surface area contributed by atoms with Crippen LogP contribution in [0.15, 0.2) is 30.3 Å². The van der Waals surface area contributed by atoms with E-state index in [4.69, 9.17) is 0 Å². The van der Waals surface area contributed by atoms with Crippen LogP contribution in [0.2, 0.25) is 0 Å². The number of hydrogen-bond acceptors (Lipinski definition) is 1. The van der Waals surface area contributed by atoms with Gasteiger partial charge in [-0.25, -0.2) is 10.0 Å². The summed E-state index contributed by atoms with van der Waals surface area (Å²) in [6, 6.07) is 10.9. The van der Waals surface area contributed by atoms with E-state index in [0.717, 1.165) is 6.54 Å². The van der Waals surface area contributed by atoms with Gasteiger partial charge in [0.2, 0.25) is 0 Å². The van der Waals surface area contributed by atoms with Crippen molar-refractivity contribution in [1.29, 1.82) is 0 Å². The van der Waals surface area contributed by atoms with Crippen LogP contribution in [0.1, 0.15) is 18.4 Å². The molecule has 2 heterocycles. The summed E-state index contributed by atoms with van der Waals surface area (Å²) in [5.41, 5.74) is 1.48. The van der Waals surface area contributed by atoms with Gasteiger partial charge in [0.15, 0.2) is 0 Å². The molecule has 0 aliphatic carbocycles. The molecule has 1 nitrogen and oxygen atoms in total. The fourth-order valence-corrected chi connectivity index (χ4v) is 7.33. The zero-order valence-electron chi connectivity index (χ0n) is 10.6. The van der Waals surface area contributed by atoms with Crippen molar-refractivity contribution in [1.82, 2.24) is 4.90 Å². The highest BCUT2D eigenvalue weighted by atomic mass is 32.3. The van der Waals surface area contributed by atoms with Crippen molar-refractivity contribution in [3.8, 4) is 0 Å². The third-order valence-electron chi connectivity index (χ3n) is 4.33. The van der Waals surface area contributed by atoms with E-state index in [-0.39, 0.29) is 10.0 Å². The van der Waals surface area contributed by atoms with Gasteiger partial charge in [0.05, 0.1) is 0 Å². The summed E-state index contributed by atoms with van der Waals surface area (Å²) in [6.07, 6.45) is 3.04. The maximum absolute atomic E-state index is 2.66. The van der Waals surface area contributed by atoms with Gasteiger partial charge < -0.3 is 0 Å². The molecular formula is C15H23NS. The van der Waals surface area contributed by atoms with Crippen molar-refractivity contribution in [2.45, 2.75) is 19.4 Å². The molecule has 1 aromatic carbocycles. The Morgan fingerprint density at radius 2 is 1.53 bits per heavy atom. The Balaban J connectivity index is 1.55. The highest BCUT2D eigenvalue weighted by molar-refractivity contribution is 8.33. The molecule has 0 amide bonds. The monoisotopic (exact) mass is 249 g/mol. The van der Waals surface area contributed by atoms with Crippen molar-refractivity contribution in [2.75, 3.05) is 36.1 Å². The Morgan fingerprint density at radius 3 is 2.18 bits per heavy atom. The van der Waals surface area contributed by atoms with Gasteiger partial charge in [0.25, 0.3) is 0 Å². The van der Waals surface area contributed by atoms with Crippen LogP contribution >= 0.6 is 10.0 Å². The van der Waals surface area contributed by atoms with Crippen LogP contribution in [0.25, 0.3) is 0 Å². The lowest BCUT2D eigenvalue weighted by Crippen LogP contribution is -2.38. The molecule has 94 valence electrons. The molecule has 0 N–H and O–H groups in total. The van der Waals surface area contributed by atoms with E-state index >= 15 is 0 Å². The molecule has 2 heteroatoms. The zero-order valence-corrected chi connectivity index (χ0v) is 11.4. The van der Waals surface area contributed by atoms with E-state index in [1.807, 2.05) is 0 Å². The largest absolute Gasteiger partial charge is 0.298 e. The third kappa shape index (κ3) is 2.69. The lowest BCUT2D eigenvalue weighted by Gasteiger charge is -2.44. The summed E-state index contributed by atoms with van der Waals surface area (Å²) < 4.78 is 0. The van der Waals surface area contributed by atoms with Gasteiger partial charge in [0, 0.05) is 19.6 Å². The number of rotatable bonds is 2. The maximum Gasteiger partial charge on any atom is 0.0234 e. The minimum absolute atomic E-state index is 0.129. The highest BCUT2D eigenvalue weighted by Gasteiger charge is 2.32. The molecule has 0 bridgehead atoms. The summed E-state index contributed by atoms with van der Waals surface area (Å²) in [5, 5.41) is 0. The summed E-state index contributed by atoms with van der Waals surface area (Å²) in [7, 11) is -0.129. The lowest BCUT2D eigenvalue weighted by atomic mass is 10.2. The van der Waals surface area contributed by atoms with E-state index in [1.165, 1.54) is 43.0 Å². The number of hydrogen-bond donors (Lipinski definition) is 0. The molecule has 1 spiro atoms. The molecule has 0 saturated carbocycles. The van der Waals surface area contributed by atoms with Gasteiger partial charge in [-0.05, 0) is 41.4 Å². The second-order valence-electron chi connectivity index (χ2n) is 5.51. The van der Waals surface area contributed by atoms with Crippen LogP contribution in [0.5, 0.6) is 0 Å². The molecule has 2 aliphatic heterocycles. The van der Waals surface area contributed by atoms with Crippen LogP contribution < -0.4 is 0 Å². The molecule has 2 saturated heterocycles. The Kier molecular flexibility index (Phi) is 3.44. The van der Waals surface area contributed by atoms with Gasteiger partial charge in [-0.3, -0.25) is 4.90 Å². The van der Waals surface area contributed by atoms with E-state index in [0.29, 0.717) is 0 Å². The van der Waals surface area contributed by atoms with Crippen molar-refractivity contribution >= 4 is 10.0 Å². The molecule has 1 aromatic rings. The molecule has 0 radical (unpaired) electrons. The van der Waals surface area contributed by atoms with Crippen molar-refractivity contribution < 1.29 is 0 Å². The third-order valence-corrected chi connectivity index (χ3v) is 8.74. The highest BCUT2D eigenvalue weighted by Crippen LogP contribution is 2.54. The average Bonchev–Trinajstić information content (AvgIpc) is 2.83. The van der Waals surface area contributed by atoms with Crippen LogP contribution in [0.4, 0.5) is 0 Å². The summed E-state index contributed by atoms with van der Waals surface area (Å²) >= 11 is 0. The Morgan fingerprint density at radius 1 is 0.882 bits per heavy atom. The Labute approximate surface area is 107 Å². The van der Waals surface area contributed by atoms with Gasteiger partial charge in [-0.2, -0.15) is 0 Å². The molecular weight excluding hydrogens is 226 g/mol. The van der Waals surface area contributed by atoms with Gasteiger partial charge in [-0.1, -0.05) is 30.3 Å². The van der Waals surface area contributed by atoms with Crippen LogP contribution in [0.3, 0.4) is 0 Å². The normalized spacial score (nSPS) is 26.1. The first-order valence-electron chi connectivity index (χ1n) is 6.87. The molecule has 2 aliphatic rings. The summed E-state index contributed by atoms with van der Waals surface area (Å²) in [4.78, 5) is 2.66. The second kappa shape index (κ2) is 5.03. The molecule has 2 fully saturated rings. The minimum atomic E-state index is -0.129. The van der Waals surface area contributed by atoms with Gasteiger partial charge >= 0.3 is 0 Å². The van der Waals surface area contributed by atoms with E-state index < -0.39 is 0 Å². The molecule has 0 aromatic heterocycles. The molecule has 0 unspecified atom stereocenters. The first-order valence-corrected chi connectivity index (χ1v) is 9.18. The predicted molar refractivity (Wildman–Crippen MR) is 78.0 cm³/mol. The van der Waals surface area contributed by atoms with E-state index in [9.17, 15) is 0 Å². The smallest absolute Gasteiger partial charge is 0.0234 e. The fourth-order valence-electron chi connectivity index (χ4n) is 3.19.